The largest absolute Gasteiger partial charge is 0.497 e. The topological polar surface area (TPSA) is 89.4 Å². The lowest BCUT2D eigenvalue weighted by molar-refractivity contribution is -0.119. The Kier molecular flexibility index (Phi) is 6.33. The van der Waals surface area contributed by atoms with Crippen LogP contribution in [0, 0.1) is 0 Å². The van der Waals surface area contributed by atoms with E-state index in [1.807, 2.05) is 47.8 Å². The van der Waals surface area contributed by atoms with Gasteiger partial charge in [0.2, 0.25) is 11.7 Å². The van der Waals surface area contributed by atoms with E-state index in [4.69, 9.17) is 4.74 Å². The number of rotatable bonds is 6. The molecule has 2 amide bonds. The molecule has 0 spiro atoms. The summed E-state index contributed by atoms with van der Waals surface area (Å²) in [5.74, 6) is 1.65. The smallest absolute Gasteiger partial charge is 0.294 e. The highest BCUT2D eigenvalue weighted by Crippen LogP contribution is 2.28. The minimum Gasteiger partial charge on any atom is -0.497 e. The van der Waals surface area contributed by atoms with Crippen LogP contribution in [-0.2, 0) is 4.79 Å². The quantitative estimate of drug-likeness (QED) is 0.436. The molecule has 34 heavy (non-hydrogen) atoms. The average molecular weight is 492 g/mol. The van der Waals surface area contributed by atoms with Crippen molar-refractivity contribution in [3.05, 3.63) is 77.9 Å². The maximum absolute atomic E-state index is 13.4. The fourth-order valence-electron chi connectivity index (χ4n) is 3.61. The third-order valence-corrected chi connectivity index (χ3v) is 7.22. The van der Waals surface area contributed by atoms with Gasteiger partial charge in [-0.1, -0.05) is 24.3 Å². The highest BCUT2D eigenvalue weighted by Gasteiger charge is 2.37. The molecule has 1 unspecified atom stereocenters. The molecule has 1 atom stereocenters. The van der Waals surface area contributed by atoms with Crippen LogP contribution in [0.25, 0.3) is 16.4 Å². The number of carbonyl (C=O) groups is 2. The van der Waals surface area contributed by atoms with Gasteiger partial charge in [-0.15, -0.1) is 28.2 Å². The fraction of sp³-hybridized carbons (Fsp3) is 0.167. The van der Waals surface area contributed by atoms with Gasteiger partial charge in [0.15, 0.2) is 5.82 Å². The number of hydrogen-bond acceptors (Lipinski definition) is 7. The number of hydrogen-bond donors (Lipinski definition) is 1. The van der Waals surface area contributed by atoms with Crippen molar-refractivity contribution in [2.75, 3.05) is 24.1 Å². The zero-order valence-corrected chi connectivity index (χ0v) is 19.9. The Morgan fingerprint density at radius 2 is 1.85 bits per heavy atom. The number of thiophene rings is 1. The van der Waals surface area contributed by atoms with Crippen LogP contribution in [0.1, 0.15) is 10.6 Å². The van der Waals surface area contributed by atoms with Gasteiger partial charge in [-0.25, -0.2) is 9.67 Å². The molecule has 5 rings (SSSR count). The van der Waals surface area contributed by atoms with E-state index in [9.17, 15) is 9.59 Å². The molecule has 0 bridgehead atoms. The van der Waals surface area contributed by atoms with Crippen molar-refractivity contribution < 1.29 is 14.3 Å². The molecular weight excluding hydrogens is 470 g/mol. The maximum atomic E-state index is 13.4. The Balaban J connectivity index is 1.40. The lowest BCUT2D eigenvalue weighted by Crippen LogP contribution is -2.44. The molecule has 0 saturated carbocycles. The Hall–Kier alpha value is -3.63. The molecule has 1 aliphatic heterocycles. The monoisotopic (exact) mass is 491 g/mol. The zero-order valence-electron chi connectivity index (χ0n) is 18.2. The van der Waals surface area contributed by atoms with Gasteiger partial charge in [-0.2, -0.15) is 0 Å². The van der Waals surface area contributed by atoms with E-state index in [2.05, 4.69) is 15.4 Å². The Bertz CT molecular complexity index is 1290. The van der Waals surface area contributed by atoms with E-state index in [1.165, 1.54) is 28.0 Å². The van der Waals surface area contributed by atoms with Crippen LogP contribution >= 0.6 is 23.1 Å². The summed E-state index contributed by atoms with van der Waals surface area (Å²) >= 11 is 3.05. The second-order valence-corrected chi connectivity index (χ2v) is 9.44. The molecule has 1 aliphatic rings. The molecule has 10 heteroatoms. The number of benzene rings is 2. The summed E-state index contributed by atoms with van der Waals surface area (Å²) in [5.41, 5.74) is 1.45. The second-order valence-electron chi connectivity index (χ2n) is 7.49. The van der Waals surface area contributed by atoms with Crippen LogP contribution in [0.4, 0.5) is 5.69 Å². The number of anilines is 1. The number of amides is 2. The van der Waals surface area contributed by atoms with E-state index in [0.717, 1.165) is 10.6 Å². The number of thioether (sulfide) groups is 1. The summed E-state index contributed by atoms with van der Waals surface area (Å²) in [6.45, 7) is 0. The first-order valence-electron chi connectivity index (χ1n) is 10.5. The van der Waals surface area contributed by atoms with Gasteiger partial charge >= 0.3 is 0 Å². The first-order valence-corrected chi connectivity index (χ1v) is 12.6. The van der Waals surface area contributed by atoms with E-state index in [1.54, 1.807) is 36.1 Å². The third kappa shape index (κ3) is 4.42. The van der Waals surface area contributed by atoms with Gasteiger partial charge in [-0.3, -0.25) is 9.59 Å². The number of carbonyl (C=O) groups excluding carboxylic acids is 2. The van der Waals surface area contributed by atoms with Crippen LogP contribution in [0.15, 0.2) is 72.1 Å². The molecule has 1 fully saturated rings. The molecule has 1 saturated heterocycles. The highest BCUT2D eigenvalue weighted by molar-refractivity contribution is 7.99. The van der Waals surface area contributed by atoms with Gasteiger partial charge in [0, 0.05) is 11.4 Å². The average Bonchev–Trinajstić information content (AvgIpc) is 3.65. The van der Waals surface area contributed by atoms with Gasteiger partial charge in [0.25, 0.3) is 5.91 Å². The zero-order chi connectivity index (χ0) is 23.5. The molecule has 0 aliphatic carbocycles. The Labute approximate surface area is 204 Å². The van der Waals surface area contributed by atoms with Crippen molar-refractivity contribution in [1.29, 1.82) is 0 Å². The van der Waals surface area contributed by atoms with Crippen molar-refractivity contribution in [3.8, 4) is 22.1 Å². The van der Waals surface area contributed by atoms with Gasteiger partial charge in [-0.05, 0) is 47.8 Å². The van der Waals surface area contributed by atoms with Gasteiger partial charge < -0.3 is 15.0 Å². The number of nitrogens with zero attached hydrogens (tertiary/aromatic N) is 4. The van der Waals surface area contributed by atoms with Crippen LogP contribution in [0.5, 0.6) is 5.75 Å². The molecule has 172 valence electrons. The molecule has 4 aromatic rings. The van der Waals surface area contributed by atoms with E-state index < -0.39 is 6.04 Å². The molecule has 3 heterocycles. The van der Waals surface area contributed by atoms with Crippen LogP contribution in [-0.4, -0.2) is 56.3 Å². The third-order valence-electron chi connectivity index (χ3n) is 5.34. The number of aromatic nitrogens is 3. The molecular formula is C24H21N5O3S2. The van der Waals surface area contributed by atoms with E-state index >= 15 is 0 Å². The summed E-state index contributed by atoms with van der Waals surface area (Å²) in [7, 11) is 1.59. The highest BCUT2D eigenvalue weighted by atomic mass is 32.2. The summed E-state index contributed by atoms with van der Waals surface area (Å²) in [6, 6.07) is 19.9. The Morgan fingerprint density at radius 3 is 2.56 bits per heavy atom. The predicted molar refractivity (Wildman–Crippen MR) is 134 cm³/mol. The second kappa shape index (κ2) is 9.70. The van der Waals surface area contributed by atoms with Crippen LogP contribution < -0.4 is 10.1 Å². The normalized spacial score (nSPS) is 15.3. The number of ether oxygens (including phenoxy) is 1. The van der Waals surface area contributed by atoms with Gasteiger partial charge in [0.1, 0.15) is 11.8 Å². The number of nitrogens with one attached hydrogen (secondary N) is 1. The van der Waals surface area contributed by atoms with Crippen molar-refractivity contribution >= 4 is 40.6 Å². The minimum atomic E-state index is -0.617. The standard InChI is InChI=1S/C24H21N5O3S2/c1-32-18-11-9-16(10-12-18)25-23(30)19-14-33-15-28(19)24(31)21-26-22(20-8-5-13-34-20)29(27-21)17-6-3-2-4-7-17/h2-13,19H,14-15H2,1H3,(H,25,30). The molecule has 0 radical (unpaired) electrons. The van der Waals surface area contributed by atoms with Crippen molar-refractivity contribution in [1.82, 2.24) is 19.7 Å². The maximum Gasteiger partial charge on any atom is 0.294 e. The van der Waals surface area contributed by atoms with Gasteiger partial charge in [0.05, 0.1) is 23.6 Å². The SMILES string of the molecule is COc1ccc(NC(=O)C2CSCN2C(=O)c2nc(-c3cccs3)n(-c3ccccc3)n2)cc1. The molecule has 1 N–H and O–H groups in total. The molecule has 2 aromatic carbocycles. The van der Waals surface area contributed by atoms with Crippen LogP contribution in [0.3, 0.4) is 0 Å². The first-order chi connectivity index (χ1) is 16.6. The summed E-state index contributed by atoms with van der Waals surface area (Å²) < 4.78 is 6.83. The van der Waals surface area contributed by atoms with E-state index in [-0.39, 0.29) is 17.6 Å². The fourth-order valence-corrected chi connectivity index (χ4v) is 5.46. The number of methoxy groups -OCH3 is 1. The lowest BCUT2D eigenvalue weighted by atomic mass is 10.2. The predicted octanol–water partition coefficient (Wildman–Crippen LogP) is 4.16. The first kappa shape index (κ1) is 22.2. The molecule has 2 aromatic heterocycles. The van der Waals surface area contributed by atoms with Crippen molar-refractivity contribution in [2.45, 2.75) is 6.04 Å². The molecule has 8 nitrogen and oxygen atoms in total. The van der Waals surface area contributed by atoms with Crippen molar-refractivity contribution in [2.24, 2.45) is 0 Å². The summed E-state index contributed by atoms with van der Waals surface area (Å²) in [5, 5.41) is 9.39. The van der Waals surface area contributed by atoms with Crippen LogP contribution in [0.2, 0.25) is 0 Å². The summed E-state index contributed by atoms with van der Waals surface area (Å²) in [4.78, 5) is 33.5. The lowest BCUT2D eigenvalue weighted by Gasteiger charge is -2.21. The van der Waals surface area contributed by atoms with Crippen molar-refractivity contribution in [3.63, 3.8) is 0 Å². The summed E-state index contributed by atoms with van der Waals surface area (Å²) in [6.07, 6.45) is 0. The van der Waals surface area contributed by atoms with E-state index in [0.29, 0.717) is 28.9 Å². The number of para-hydroxylation sites is 1. The Morgan fingerprint density at radius 1 is 1.06 bits per heavy atom. The minimum absolute atomic E-state index is 0.0667.